The third kappa shape index (κ3) is 3.81. The van der Waals surface area contributed by atoms with Crippen LogP contribution in [-0.4, -0.2) is 47.2 Å². The average molecular weight is 357 g/mol. The fraction of sp³-hybridized carbons (Fsp3) is 0.471. The summed E-state index contributed by atoms with van der Waals surface area (Å²) in [5.41, 5.74) is 1.22. The van der Waals surface area contributed by atoms with Crippen LogP contribution in [0.2, 0.25) is 0 Å². The van der Waals surface area contributed by atoms with Crippen LogP contribution in [0.3, 0.4) is 0 Å². The Morgan fingerprint density at radius 2 is 2.23 bits per heavy atom. The number of carbonyl (C=O) groups is 1. The molecule has 0 bridgehead atoms. The maximum Gasteiger partial charge on any atom is 0.274 e. The molecule has 3 aromatic heterocycles. The lowest BCUT2D eigenvalue weighted by Gasteiger charge is -2.17. The summed E-state index contributed by atoms with van der Waals surface area (Å²) >= 11 is 0. The maximum atomic E-state index is 12.7. The van der Waals surface area contributed by atoms with E-state index in [0.29, 0.717) is 36.4 Å². The number of carbonyl (C=O) groups excluding carboxylic acids is 1. The zero-order valence-corrected chi connectivity index (χ0v) is 15.4. The molecule has 138 valence electrons. The molecule has 3 heterocycles. The second-order valence-corrected chi connectivity index (χ2v) is 6.40. The molecule has 3 aromatic rings. The molecule has 1 amide bonds. The lowest BCUT2D eigenvalue weighted by molar-refractivity contribution is 0.0741. The van der Waals surface area contributed by atoms with E-state index in [1.165, 1.54) is 0 Å². The Morgan fingerprint density at radius 3 is 2.88 bits per heavy atom. The van der Waals surface area contributed by atoms with Gasteiger partial charge in [0.25, 0.3) is 5.91 Å². The van der Waals surface area contributed by atoms with Crippen LogP contribution in [0.4, 0.5) is 0 Å². The number of H-pyrrole nitrogens is 1. The number of aromatic nitrogens is 6. The molecule has 0 aliphatic rings. The third-order valence-corrected chi connectivity index (χ3v) is 4.03. The zero-order chi connectivity index (χ0) is 18.7. The van der Waals surface area contributed by atoms with Crippen LogP contribution < -0.4 is 0 Å². The molecule has 0 saturated carbocycles. The Bertz CT molecular complexity index is 877. The van der Waals surface area contributed by atoms with Crippen molar-refractivity contribution < 1.29 is 9.32 Å². The van der Waals surface area contributed by atoms with Gasteiger partial charge in [-0.1, -0.05) is 19.0 Å². The first-order valence-electron chi connectivity index (χ1n) is 8.61. The molecule has 0 fully saturated rings. The first kappa shape index (κ1) is 17.8. The number of aromatic amines is 1. The molecule has 0 unspecified atom stereocenters. The summed E-state index contributed by atoms with van der Waals surface area (Å²) in [7, 11) is 0. The number of nitrogens with zero attached hydrogens (tertiary/aromatic N) is 6. The van der Waals surface area contributed by atoms with E-state index >= 15 is 0 Å². The van der Waals surface area contributed by atoms with Crippen molar-refractivity contribution in [3.63, 3.8) is 0 Å². The zero-order valence-electron chi connectivity index (χ0n) is 15.4. The number of aryl methyl sites for hydroxylation is 1. The van der Waals surface area contributed by atoms with E-state index in [4.69, 9.17) is 4.52 Å². The van der Waals surface area contributed by atoms with Gasteiger partial charge in [-0.3, -0.25) is 9.89 Å². The summed E-state index contributed by atoms with van der Waals surface area (Å²) in [4.78, 5) is 22.9. The number of nitrogens with one attached hydrogen (secondary N) is 1. The summed E-state index contributed by atoms with van der Waals surface area (Å²) < 4.78 is 7.01. The van der Waals surface area contributed by atoms with Gasteiger partial charge in [0.05, 0.1) is 18.8 Å². The molecular formula is C17H23N7O2. The van der Waals surface area contributed by atoms with Crippen LogP contribution in [0.1, 0.15) is 60.4 Å². The van der Waals surface area contributed by atoms with Gasteiger partial charge in [-0.2, -0.15) is 10.1 Å². The molecule has 26 heavy (non-hydrogen) atoms. The van der Waals surface area contributed by atoms with E-state index in [0.717, 1.165) is 11.5 Å². The van der Waals surface area contributed by atoms with Crippen molar-refractivity contribution in [2.45, 2.75) is 46.7 Å². The van der Waals surface area contributed by atoms with E-state index in [2.05, 4.69) is 39.2 Å². The lowest BCUT2D eigenvalue weighted by atomic mass is 10.2. The van der Waals surface area contributed by atoms with Crippen molar-refractivity contribution in [3.05, 3.63) is 47.4 Å². The highest BCUT2D eigenvalue weighted by Crippen LogP contribution is 2.14. The smallest absolute Gasteiger partial charge is 0.274 e. The second kappa shape index (κ2) is 7.51. The van der Waals surface area contributed by atoms with Gasteiger partial charge in [-0.05, 0) is 13.0 Å². The Morgan fingerprint density at radius 1 is 1.42 bits per heavy atom. The highest BCUT2D eigenvalue weighted by molar-refractivity contribution is 5.92. The Balaban J connectivity index is 1.71. The van der Waals surface area contributed by atoms with Crippen molar-refractivity contribution in [3.8, 4) is 0 Å². The van der Waals surface area contributed by atoms with Crippen LogP contribution in [0.25, 0.3) is 0 Å². The van der Waals surface area contributed by atoms with Gasteiger partial charge in [-0.15, -0.1) is 0 Å². The van der Waals surface area contributed by atoms with Crippen LogP contribution in [-0.2, 0) is 13.1 Å². The van der Waals surface area contributed by atoms with Gasteiger partial charge >= 0.3 is 0 Å². The maximum absolute atomic E-state index is 12.7. The van der Waals surface area contributed by atoms with Crippen LogP contribution in [0.15, 0.2) is 23.0 Å². The summed E-state index contributed by atoms with van der Waals surface area (Å²) in [6, 6.07) is 1.77. The molecule has 3 rings (SSSR count). The van der Waals surface area contributed by atoms with Gasteiger partial charge < -0.3 is 14.0 Å². The van der Waals surface area contributed by atoms with E-state index < -0.39 is 0 Å². The second-order valence-electron chi connectivity index (χ2n) is 6.40. The predicted molar refractivity (Wildman–Crippen MR) is 93.5 cm³/mol. The Hall–Kier alpha value is -2.97. The van der Waals surface area contributed by atoms with Gasteiger partial charge in [0.2, 0.25) is 5.89 Å². The molecular weight excluding hydrogens is 334 g/mol. The quantitative estimate of drug-likeness (QED) is 0.694. The molecule has 0 atom stereocenters. The minimum absolute atomic E-state index is 0.174. The molecule has 0 aromatic carbocycles. The highest BCUT2D eigenvalue weighted by atomic mass is 16.5. The number of hydrogen-bond donors (Lipinski definition) is 1. The fourth-order valence-corrected chi connectivity index (χ4v) is 2.76. The minimum atomic E-state index is -0.174. The van der Waals surface area contributed by atoms with Crippen molar-refractivity contribution in [1.82, 2.24) is 34.8 Å². The molecule has 9 heteroatoms. The summed E-state index contributed by atoms with van der Waals surface area (Å²) in [5, 5.41) is 11.0. The van der Waals surface area contributed by atoms with Crippen LogP contribution in [0.5, 0.6) is 0 Å². The molecule has 0 spiro atoms. The predicted octanol–water partition coefficient (Wildman–Crippen LogP) is 2.13. The Labute approximate surface area is 151 Å². The van der Waals surface area contributed by atoms with Crippen LogP contribution >= 0.6 is 0 Å². The monoisotopic (exact) mass is 357 g/mol. The van der Waals surface area contributed by atoms with Crippen molar-refractivity contribution in [2.24, 2.45) is 0 Å². The van der Waals surface area contributed by atoms with Gasteiger partial charge in [0.15, 0.2) is 5.82 Å². The van der Waals surface area contributed by atoms with Crippen molar-refractivity contribution >= 4 is 5.91 Å². The normalized spacial score (nSPS) is 11.3. The number of imidazole rings is 1. The number of hydrogen-bond acceptors (Lipinski definition) is 6. The van der Waals surface area contributed by atoms with Gasteiger partial charge in [-0.25, -0.2) is 4.98 Å². The minimum Gasteiger partial charge on any atom is -0.340 e. The topological polar surface area (TPSA) is 106 Å². The summed E-state index contributed by atoms with van der Waals surface area (Å²) in [6.07, 6.45) is 3.71. The third-order valence-electron chi connectivity index (χ3n) is 4.03. The highest BCUT2D eigenvalue weighted by Gasteiger charge is 2.20. The Kier molecular flexibility index (Phi) is 5.15. The molecule has 9 nitrogen and oxygen atoms in total. The summed E-state index contributed by atoms with van der Waals surface area (Å²) in [5.74, 6) is 2.10. The molecule has 0 aliphatic heterocycles. The van der Waals surface area contributed by atoms with Crippen molar-refractivity contribution in [1.29, 1.82) is 0 Å². The molecule has 0 aliphatic carbocycles. The number of rotatable bonds is 7. The van der Waals surface area contributed by atoms with E-state index in [9.17, 15) is 4.79 Å². The standard InChI is InChI=1S/C17H23N7O2/c1-5-23(10-15-19-12(4)26-22-15)17(25)14-8-13(20-21-14)9-24-7-6-18-16(24)11(2)3/h6-8,11H,5,9-10H2,1-4H3,(H,20,21). The summed E-state index contributed by atoms with van der Waals surface area (Å²) in [6.45, 7) is 9.21. The van der Waals surface area contributed by atoms with E-state index in [1.54, 1.807) is 24.1 Å². The van der Waals surface area contributed by atoms with Gasteiger partial charge in [0, 0.05) is 31.8 Å². The average Bonchev–Trinajstić information content (AvgIpc) is 3.33. The largest absolute Gasteiger partial charge is 0.340 e. The van der Waals surface area contributed by atoms with Gasteiger partial charge in [0.1, 0.15) is 11.5 Å². The SMILES string of the molecule is CCN(Cc1noc(C)n1)C(=O)c1cc(Cn2ccnc2C(C)C)[nH]n1. The first-order chi connectivity index (χ1) is 12.5. The lowest BCUT2D eigenvalue weighted by Crippen LogP contribution is -2.31. The molecule has 0 radical (unpaired) electrons. The van der Waals surface area contributed by atoms with E-state index in [1.807, 2.05) is 17.7 Å². The first-order valence-corrected chi connectivity index (χ1v) is 8.61. The fourth-order valence-electron chi connectivity index (χ4n) is 2.76. The van der Waals surface area contributed by atoms with E-state index in [-0.39, 0.29) is 12.5 Å². The van der Waals surface area contributed by atoms with Crippen LogP contribution in [0, 0.1) is 6.92 Å². The molecule has 1 N–H and O–H groups in total. The molecule has 0 saturated heterocycles. The van der Waals surface area contributed by atoms with Crippen molar-refractivity contribution in [2.75, 3.05) is 6.54 Å². The number of amides is 1.